The predicted octanol–water partition coefficient (Wildman–Crippen LogP) is 3.16. The Morgan fingerprint density at radius 2 is 1.59 bits per heavy atom. The smallest absolute Gasteiger partial charge is 0.0331 e. The molecule has 1 unspecified atom stereocenters. The van der Waals surface area contributed by atoms with Crippen LogP contribution < -0.4 is 5.73 Å². The van der Waals surface area contributed by atoms with Gasteiger partial charge in [-0.15, -0.1) is 0 Å². The molecule has 0 bridgehead atoms. The minimum absolute atomic E-state index is 0.341. The summed E-state index contributed by atoms with van der Waals surface area (Å²) in [4.78, 5) is 2.73. The molecule has 1 saturated carbocycles. The van der Waals surface area contributed by atoms with Gasteiger partial charge < -0.3 is 5.73 Å². The molecule has 1 atom stereocenters. The maximum absolute atomic E-state index is 6.19. The molecule has 2 fully saturated rings. The van der Waals surface area contributed by atoms with E-state index >= 15 is 0 Å². The highest BCUT2D eigenvalue weighted by molar-refractivity contribution is 4.96. The third kappa shape index (κ3) is 3.03. The highest BCUT2D eigenvalue weighted by atomic mass is 15.2. The summed E-state index contributed by atoms with van der Waals surface area (Å²) in [6.45, 7) is 8.30. The number of nitrogens with two attached hydrogens (primary N) is 1. The largest absolute Gasteiger partial charge is 0.329 e. The van der Waals surface area contributed by atoms with E-state index in [4.69, 9.17) is 5.73 Å². The van der Waals surface area contributed by atoms with Gasteiger partial charge >= 0.3 is 0 Å². The van der Waals surface area contributed by atoms with Crippen molar-refractivity contribution in [3.8, 4) is 0 Å². The maximum atomic E-state index is 6.19. The van der Waals surface area contributed by atoms with Crippen molar-refractivity contribution in [1.82, 2.24) is 4.90 Å². The van der Waals surface area contributed by atoms with Crippen molar-refractivity contribution in [2.24, 2.45) is 11.1 Å². The lowest BCUT2D eigenvalue weighted by molar-refractivity contribution is 0.0563. The highest BCUT2D eigenvalue weighted by Gasteiger charge is 2.39. The SMILES string of the molecule is CC1(C)CCCC(CN)(N2CCCCC2)CC1. The Morgan fingerprint density at radius 3 is 2.24 bits per heavy atom. The predicted molar refractivity (Wildman–Crippen MR) is 74.1 cm³/mol. The maximum Gasteiger partial charge on any atom is 0.0331 e. The fourth-order valence-corrected chi connectivity index (χ4v) is 3.73. The third-order valence-electron chi connectivity index (χ3n) is 5.17. The zero-order chi connectivity index (χ0) is 12.4. The monoisotopic (exact) mass is 238 g/mol. The van der Waals surface area contributed by atoms with Crippen LogP contribution in [0.5, 0.6) is 0 Å². The van der Waals surface area contributed by atoms with Crippen molar-refractivity contribution in [3.05, 3.63) is 0 Å². The van der Waals surface area contributed by atoms with Crippen LogP contribution in [0.1, 0.15) is 65.2 Å². The molecule has 0 radical (unpaired) electrons. The zero-order valence-corrected chi connectivity index (χ0v) is 11.8. The lowest BCUT2D eigenvalue weighted by Gasteiger charge is -2.45. The van der Waals surface area contributed by atoms with Gasteiger partial charge in [0.2, 0.25) is 0 Å². The molecule has 0 aromatic rings. The van der Waals surface area contributed by atoms with E-state index in [1.54, 1.807) is 0 Å². The van der Waals surface area contributed by atoms with Gasteiger partial charge in [0.1, 0.15) is 0 Å². The molecule has 2 heteroatoms. The summed E-state index contributed by atoms with van der Waals surface area (Å²) >= 11 is 0. The number of hydrogen-bond donors (Lipinski definition) is 1. The van der Waals surface area contributed by atoms with Crippen LogP contribution in [-0.2, 0) is 0 Å². The van der Waals surface area contributed by atoms with Crippen molar-refractivity contribution in [2.75, 3.05) is 19.6 Å². The molecule has 2 N–H and O–H groups in total. The minimum atomic E-state index is 0.341. The fraction of sp³-hybridized carbons (Fsp3) is 1.00. The molecule has 2 aliphatic rings. The molecule has 17 heavy (non-hydrogen) atoms. The van der Waals surface area contributed by atoms with Gasteiger partial charge in [-0.05, 0) is 57.0 Å². The third-order valence-corrected chi connectivity index (χ3v) is 5.17. The molecule has 0 aromatic heterocycles. The number of rotatable bonds is 2. The van der Waals surface area contributed by atoms with Gasteiger partial charge in [0.05, 0.1) is 0 Å². The van der Waals surface area contributed by atoms with E-state index in [0.717, 1.165) is 6.54 Å². The van der Waals surface area contributed by atoms with Crippen molar-refractivity contribution < 1.29 is 0 Å². The normalized spacial score (nSPS) is 35.5. The molecule has 0 aromatic carbocycles. The molecule has 2 nitrogen and oxygen atoms in total. The molecule has 0 amide bonds. The number of hydrogen-bond acceptors (Lipinski definition) is 2. The van der Waals surface area contributed by atoms with Crippen LogP contribution in [0.25, 0.3) is 0 Å². The first-order valence-electron chi connectivity index (χ1n) is 7.53. The average Bonchev–Trinajstić information content (AvgIpc) is 2.50. The van der Waals surface area contributed by atoms with E-state index in [1.807, 2.05) is 0 Å². The topological polar surface area (TPSA) is 29.3 Å². The van der Waals surface area contributed by atoms with Gasteiger partial charge in [-0.2, -0.15) is 0 Å². The van der Waals surface area contributed by atoms with Gasteiger partial charge in [-0.1, -0.05) is 26.7 Å². The Bertz CT molecular complexity index is 243. The van der Waals surface area contributed by atoms with Gasteiger partial charge in [0.25, 0.3) is 0 Å². The summed E-state index contributed by atoms with van der Waals surface area (Å²) in [6, 6.07) is 0. The molecule has 1 aliphatic carbocycles. The second kappa shape index (κ2) is 5.27. The van der Waals surface area contributed by atoms with Crippen LogP contribution in [0.15, 0.2) is 0 Å². The Hall–Kier alpha value is -0.0800. The van der Waals surface area contributed by atoms with E-state index in [9.17, 15) is 0 Å². The van der Waals surface area contributed by atoms with Crippen LogP contribution >= 0.6 is 0 Å². The summed E-state index contributed by atoms with van der Waals surface area (Å²) in [5.41, 5.74) is 7.06. The van der Waals surface area contributed by atoms with Crippen molar-refractivity contribution in [3.63, 3.8) is 0 Å². The molecule has 100 valence electrons. The van der Waals surface area contributed by atoms with Gasteiger partial charge in [0, 0.05) is 12.1 Å². The lowest BCUT2D eigenvalue weighted by Crippen LogP contribution is -2.55. The summed E-state index contributed by atoms with van der Waals surface area (Å²) in [7, 11) is 0. The van der Waals surface area contributed by atoms with Crippen LogP contribution in [0.3, 0.4) is 0 Å². The van der Waals surface area contributed by atoms with Gasteiger partial charge in [-0.3, -0.25) is 4.90 Å². The first-order valence-corrected chi connectivity index (χ1v) is 7.53. The Kier molecular flexibility index (Phi) is 4.14. The second-order valence-corrected chi connectivity index (χ2v) is 6.99. The van der Waals surface area contributed by atoms with Crippen molar-refractivity contribution in [1.29, 1.82) is 0 Å². The van der Waals surface area contributed by atoms with E-state index in [1.165, 1.54) is 64.5 Å². The fourth-order valence-electron chi connectivity index (χ4n) is 3.73. The molecule has 1 aliphatic heterocycles. The average molecular weight is 238 g/mol. The van der Waals surface area contributed by atoms with Crippen molar-refractivity contribution >= 4 is 0 Å². The summed E-state index contributed by atoms with van der Waals surface area (Å²) < 4.78 is 0. The van der Waals surface area contributed by atoms with E-state index in [2.05, 4.69) is 18.7 Å². The second-order valence-electron chi connectivity index (χ2n) is 6.99. The lowest BCUT2D eigenvalue weighted by atomic mass is 9.82. The Morgan fingerprint density at radius 1 is 0.882 bits per heavy atom. The van der Waals surface area contributed by atoms with Gasteiger partial charge in [0.15, 0.2) is 0 Å². The van der Waals surface area contributed by atoms with Gasteiger partial charge in [-0.25, -0.2) is 0 Å². The van der Waals surface area contributed by atoms with Crippen LogP contribution in [-0.4, -0.2) is 30.1 Å². The summed E-state index contributed by atoms with van der Waals surface area (Å²) in [5.74, 6) is 0. The standard InChI is InChI=1S/C15H30N2/c1-14(2)7-6-8-15(13-16,10-9-14)17-11-4-3-5-12-17/h3-13,16H2,1-2H3. The number of piperidine rings is 1. The van der Waals surface area contributed by atoms with Crippen molar-refractivity contribution in [2.45, 2.75) is 70.8 Å². The molecule has 1 heterocycles. The number of likely N-dealkylation sites (tertiary alicyclic amines) is 1. The summed E-state index contributed by atoms with van der Waals surface area (Å²) in [5, 5.41) is 0. The Balaban J connectivity index is 2.07. The van der Waals surface area contributed by atoms with Crippen LogP contribution in [0, 0.1) is 5.41 Å². The summed E-state index contributed by atoms with van der Waals surface area (Å²) in [6.07, 6.45) is 10.9. The van der Waals surface area contributed by atoms with E-state index in [-0.39, 0.29) is 0 Å². The molecule has 0 spiro atoms. The molecule has 2 rings (SSSR count). The van der Waals surface area contributed by atoms with E-state index < -0.39 is 0 Å². The zero-order valence-electron chi connectivity index (χ0n) is 11.8. The highest BCUT2D eigenvalue weighted by Crippen LogP contribution is 2.41. The first-order chi connectivity index (χ1) is 8.08. The quantitative estimate of drug-likeness (QED) is 0.749. The number of nitrogens with zero attached hydrogens (tertiary/aromatic N) is 1. The van der Waals surface area contributed by atoms with Crippen LogP contribution in [0.2, 0.25) is 0 Å². The molecular formula is C15H30N2. The van der Waals surface area contributed by atoms with Crippen LogP contribution in [0.4, 0.5) is 0 Å². The Labute approximate surface area is 107 Å². The molecule has 1 saturated heterocycles. The molecular weight excluding hydrogens is 208 g/mol. The minimum Gasteiger partial charge on any atom is -0.329 e. The van der Waals surface area contributed by atoms with E-state index in [0.29, 0.717) is 11.0 Å². The first kappa shape index (κ1) is 13.4.